The highest BCUT2D eigenvalue weighted by atomic mass is 32.2. The second-order valence-electron chi connectivity index (χ2n) is 7.19. The fraction of sp³-hybridized carbons (Fsp3) is 0. The van der Waals surface area contributed by atoms with E-state index < -0.39 is 54.0 Å². The molecule has 3 rings (SSSR count). The van der Waals surface area contributed by atoms with Gasteiger partial charge in [-0.3, -0.25) is 20.4 Å². The van der Waals surface area contributed by atoms with Crippen molar-refractivity contribution >= 4 is 43.2 Å². The number of nitrogens with zero attached hydrogens (tertiary/aromatic N) is 2. The predicted octanol–water partition coefficient (Wildman–Crippen LogP) is 0.946. The van der Waals surface area contributed by atoms with Crippen molar-refractivity contribution in [2.45, 2.75) is 4.90 Å². The monoisotopic (exact) mass is 542 g/mol. The van der Waals surface area contributed by atoms with Crippen LogP contribution < -0.4 is 32.4 Å². The van der Waals surface area contributed by atoms with Crippen LogP contribution in [-0.2, 0) is 20.9 Å². The van der Waals surface area contributed by atoms with E-state index in [-0.39, 0.29) is 15.5 Å². The largest absolute Gasteiger partial charge is 0.478 e. The first-order chi connectivity index (χ1) is 17.4. The number of carboxylic acid groups (broad SMARTS) is 1. The topological polar surface area (TPSA) is 192 Å². The number of aromatic carboxylic acids is 1. The molecule has 0 aromatic heterocycles. The first kappa shape index (κ1) is 27.1. The lowest BCUT2D eigenvalue weighted by Crippen LogP contribution is -2.50. The Kier molecular flexibility index (Phi) is 8.07. The van der Waals surface area contributed by atoms with E-state index in [9.17, 15) is 32.1 Å². The first-order valence-electron chi connectivity index (χ1n) is 10.0. The highest BCUT2D eigenvalue weighted by molar-refractivity contribution is 7.94. The predicted molar refractivity (Wildman–Crippen MR) is 137 cm³/mol. The molecule has 3 aromatic rings. The molecule has 0 saturated heterocycles. The Morgan fingerprint density at radius 1 is 0.946 bits per heavy atom. The minimum absolute atomic E-state index is 0.0259. The molecule has 0 fully saturated rings. The minimum atomic E-state index is -3.65. The third-order valence-electron chi connectivity index (χ3n) is 4.84. The van der Waals surface area contributed by atoms with Crippen LogP contribution in [0.4, 0.5) is 11.4 Å². The van der Waals surface area contributed by atoms with Crippen molar-refractivity contribution in [3.05, 3.63) is 115 Å². The maximum Gasteiger partial charge on any atom is 0.338 e. The molecule has 0 heterocycles. The molecule has 0 aliphatic heterocycles. The summed E-state index contributed by atoms with van der Waals surface area (Å²) >= 11 is -2.26. The van der Waals surface area contributed by atoms with Crippen LogP contribution in [0.3, 0.4) is 0 Å². The number of hydrogen-bond acceptors (Lipinski definition) is 10. The lowest BCUT2D eigenvalue weighted by Gasteiger charge is -2.04. The molecule has 0 bridgehead atoms. The highest BCUT2D eigenvalue weighted by Crippen LogP contribution is 2.18. The highest BCUT2D eigenvalue weighted by Gasteiger charge is 2.15. The molecule has 0 spiro atoms. The molecular weight excluding hydrogens is 524 g/mol. The molecule has 190 valence electrons. The van der Waals surface area contributed by atoms with Crippen LogP contribution in [0.2, 0.25) is 0 Å². The Balaban J connectivity index is 2.00. The lowest BCUT2D eigenvalue weighted by atomic mass is 10.2. The maximum atomic E-state index is 12.9. The fourth-order valence-corrected chi connectivity index (χ4v) is 3.93. The van der Waals surface area contributed by atoms with Crippen molar-refractivity contribution in [1.82, 2.24) is 0 Å². The molecule has 0 amide bonds. The molecule has 1 atom stereocenters. The van der Waals surface area contributed by atoms with Gasteiger partial charge >= 0.3 is 5.97 Å². The smallest absolute Gasteiger partial charge is 0.338 e. The SMILES string of the molecule is C=CS(=O)(=O)c1ccc(NN=c2c(=O)cc(C(=O)O)/c(=N/Nc3ccc(C(=C)S(=O)O)cc3)c2=O)cc1. The van der Waals surface area contributed by atoms with Crippen molar-refractivity contribution in [2.75, 3.05) is 10.9 Å². The van der Waals surface area contributed by atoms with E-state index in [0.717, 1.165) is 5.41 Å². The van der Waals surface area contributed by atoms with Gasteiger partial charge in [0.2, 0.25) is 10.9 Å². The molecular formula is C23H18N4O8S2. The Labute approximate surface area is 211 Å². The number of carboxylic acids is 1. The average molecular weight is 543 g/mol. The van der Waals surface area contributed by atoms with Crippen LogP contribution in [-0.4, -0.2) is 28.3 Å². The Morgan fingerprint density at radius 3 is 1.95 bits per heavy atom. The van der Waals surface area contributed by atoms with E-state index in [1.54, 1.807) is 0 Å². The van der Waals surface area contributed by atoms with Crippen molar-refractivity contribution in [3.63, 3.8) is 0 Å². The fourth-order valence-electron chi connectivity index (χ4n) is 2.88. The van der Waals surface area contributed by atoms with E-state index in [2.05, 4.69) is 34.2 Å². The summed E-state index contributed by atoms with van der Waals surface area (Å²) in [7, 11) is -3.65. The van der Waals surface area contributed by atoms with Crippen LogP contribution in [0.5, 0.6) is 0 Å². The van der Waals surface area contributed by atoms with Crippen LogP contribution in [0.1, 0.15) is 15.9 Å². The van der Waals surface area contributed by atoms with Gasteiger partial charge in [-0.05, 0) is 42.0 Å². The lowest BCUT2D eigenvalue weighted by molar-refractivity contribution is 0.0694. The van der Waals surface area contributed by atoms with E-state index in [0.29, 0.717) is 17.3 Å². The molecule has 0 aliphatic rings. The Bertz CT molecular complexity index is 1760. The molecule has 0 aliphatic carbocycles. The molecule has 14 heteroatoms. The van der Waals surface area contributed by atoms with Gasteiger partial charge in [-0.15, -0.1) is 0 Å². The van der Waals surface area contributed by atoms with E-state index in [1.807, 2.05) is 0 Å². The zero-order valence-electron chi connectivity index (χ0n) is 18.7. The number of anilines is 2. The molecule has 1 unspecified atom stereocenters. The van der Waals surface area contributed by atoms with Gasteiger partial charge in [0, 0.05) is 11.5 Å². The number of nitrogens with one attached hydrogen (secondary N) is 2. The molecule has 0 radical (unpaired) electrons. The van der Waals surface area contributed by atoms with E-state index in [1.165, 1.54) is 48.5 Å². The number of hydrogen-bond donors (Lipinski definition) is 4. The molecule has 3 aromatic carbocycles. The minimum Gasteiger partial charge on any atom is -0.478 e. The number of sulfone groups is 1. The average Bonchev–Trinajstić information content (AvgIpc) is 2.87. The third kappa shape index (κ3) is 6.19. The standard InChI is InChI=1S/C23H18N4O8S2/c1-3-37(34,35)17-10-8-16(9-11-17)25-27-21-19(28)12-18(23(30)31)20(22(21)29)26-24-15-6-4-14(5-7-15)13(2)36(32)33/h3-12,24-25H,1-2H2,(H,30,31)(H,32,33)/b26-20-,27-21?. The quantitative estimate of drug-likeness (QED) is 0.223. The summed E-state index contributed by atoms with van der Waals surface area (Å²) in [6.45, 7) is 6.72. The summed E-state index contributed by atoms with van der Waals surface area (Å²) in [5, 5.41) is 16.6. The second kappa shape index (κ2) is 11.0. The third-order valence-corrected chi connectivity index (χ3v) is 6.86. The Morgan fingerprint density at radius 2 is 1.46 bits per heavy atom. The summed E-state index contributed by atoms with van der Waals surface area (Å²) in [6.07, 6.45) is 0. The van der Waals surface area contributed by atoms with Crippen LogP contribution >= 0.6 is 0 Å². The van der Waals surface area contributed by atoms with Crippen molar-refractivity contribution in [1.29, 1.82) is 0 Å². The van der Waals surface area contributed by atoms with Crippen molar-refractivity contribution in [3.8, 4) is 0 Å². The normalized spacial score (nSPS) is 13.1. The zero-order valence-corrected chi connectivity index (χ0v) is 20.4. The van der Waals surface area contributed by atoms with Gasteiger partial charge < -0.3 is 9.66 Å². The first-order valence-corrected chi connectivity index (χ1v) is 12.7. The van der Waals surface area contributed by atoms with Gasteiger partial charge in [0.15, 0.2) is 26.3 Å². The van der Waals surface area contributed by atoms with E-state index in [4.69, 9.17) is 4.55 Å². The summed E-state index contributed by atoms with van der Waals surface area (Å²) in [5.74, 6) is -1.56. The van der Waals surface area contributed by atoms with Crippen LogP contribution in [0.25, 0.3) is 4.91 Å². The van der Waals surface area contributed by atoms with Gasteiger partial charge in [0.1, 0.15) is 5.36 Å². The summed E-state index contributed by atoms with van der Waals surface area (Å²) in [4.78, 5) is 36.9. The van der Waals surface area contributed by atoms with Crippen molar-refractivity contribution in [2.24, 2.45) is 10.2 Å². The van der Waals surface area contributed by atoms with Gasteiger partial charge in [-0.2, -0.15) is 10.2 Å². The number of carbonyl (C=O) groups is 1. The summed E-state index contributed by atoms with van der Waals surface area (Å²) in [6, 6.07) is 11.7. The summed E-state index contributed by atoms with van der Waals surface area (Å²) in [5.41, 5.74) is 3.18. The van der Waals surface area contributed by atoms with Crippen LogP contribution in [0, 0.1) is 0 Å². The number of benzene rings is 3. The number of rotatable bonds is 9. The second-order valence-corrected chi connectivity index (χ2v) is 10.1. The molecule has 12 nitrogen and oxygen atoms in total. The van der Waals surface area contributed by atoms with Gasteiger partial charge in [-0.1, -0.05) is 25.3 Å². The molecule has 37 heavy (non-hydrogen) atoms. The van der Waals surface area contributed by atoms with Crippen LogP contribution in [0.15, 0.2) is 97.9 Å². The van der Waals surface area contributed by atoms with Gasteiger partial charge in [0.25, 0.3) is 0 Å². The Hall–Kier alpha value is -4.53. The maximum absolute atomic E-state index is 12.9. The van der Waals surface area contributed by atoms with E-state index >= 15 is 0 Å². The van der Waals surface area contributed by atoms with Gasteiger partial charge in [-0.25, -0.2) is 17.4 Å². The zero-order chi connectivity index (χ0) is 27.3. The van der Waals surface area contributed by atoms with Crippen molar-refractivity contribution < 1.29 is 27.1 Å². The molecule has 0 saturated carbocycles. The molecule has 4 N–H and O–H groups in total. The summed E-state index contributed by atoms with van der Waals surface area (Å²) < 4.78 is 43.8. The van der Waals surface area contributed by atoms with Gasteiger partial charge in [0.05, 0.1) is 26.7 Å².